The van der Waals surface area contributed by atoms with E-state index in [9.17, 15) is 16.8 Å². The number of ether oxygens (including phenoxy) is 2. The zero-order valence-corrected chi connectivity index (χ0v) is 37.9. The zero-order chi connectivity index (χ0) is 37.8. The van der Waals surface area contributed by atoms with E-state index in [4.69, 9.17) is 34.9 Å². The number of fused-ring (bicyclic) bond motifs is 2. The molecule has 0 aliphatic rings. The van der Waals surface area contributed by atoms with Gasteiger partial charge >= 0.3 is 63.7 Å². The first-order valence-corrected chi connectivity index (χ1v) is 36.6. The third kappa shape index (κ3) is 13.5. The van der Waals surface area contributed by atoms with Crippen LogP contribution in [-0.2, 0) is 41.8 Å². The molecule has 2 aromatic carbocycles. The van der Waals surface area contributed by atoms with Gasteiger partial charge in [-0.3, -0.25) is 14.7 Å². The zero-order valence-electron chi connectivity index (χ0n) is 26.9. The molecule has 0 atom stereocenters. The minimum Gasteiger partial charge on any atom is -0.380 e. The van der Waals surface area contributed by atoms with E-state index in [0.717, 1.165) is 27.6 Å². The number of nitrogens with one attached hydrogen (secondary N) is 1. The summed E-state index contributed by atoms with van der Waals surface area (Å²) in [6.45, 7) is 4.81. The van der Waals surface area contributed by atoms with Crippen molar-refractivity contribution in [3.05, 3.63) is 103 Å². The fourth-order valence-corrected chi connectivity index (χ4v) is 5.80. The number of nitrogens with two attached hydrogens (primary N) is 1. The fraction of sp³-hybridized carbons (Fsp3) is 0.167. The van der Waals surface area contributed by atoms with Gasteiger partial charge in [-0.2, -0.15) is 4.74 Å². The number of aryl methyl sites for hydroxylation is 2. The van der Waals surface area contributed by atoms with E-state index >= 15 is 0 Å². The molecule has 0 spiro atoms. The van der Waals surface area contributed by atoms with Crippen LogP contribution >= 0.6 is 74.4 Å². The number of methoxy groups -OCH3 is 1. The summed E-state index contributed by atoms with van der Waals surface area (Å²) in [5.74, 6) is 0.570. The molecule has 0 saturated carbocycles. The van der Waals surface area contributed by atoms with Crippen LogP contribution in [0.3, 0.4) is 0 Å². The number of aromatic nitrogens is 4. The van der Waals surface area contributed by atoms with Crippen LogP contribution in [-0.4, -0.2) is 44.2 Å². The van der Waals surface area contributed by atoms with Crippen molar-refractivity contribution in [3.8, 4) is 0 Å². The largest absolute Gasteiger partial charge is 0.380 e. The summed E-state index contributed by atoms with van der Waals surface area (Å²) in [5.41, 5.74) is 10.8. The van der Waals surface area contributed by atoms with E-state index in [1.165, 1.54) is 43.0 Å². The van der Waals surface area contributed by atoms with Crippen molar-refractivity contribution in [1.29, 1.82) is 0 Å². The van der Waals surface area contributed by atoms with Gasteiger partial charge in [-0.15, -0.1) is 0 Å². The van der Waals surface area contributed by atoms with Gasteiger partial charge in [-0.1, -0.05) is 10.3 Å². The first kappa shape index (κ1) is 43.6. The van der Waals surface area contributed by atoms with E-state index in [1.807, 2.05) is 32.0 Å². The number of nitrogen functional groups attached to an aromatic ring is 1. The summed E-state index contributed by atoms with van der Waals surface area (Å²) in [4.78, 5) is 7.48. The van der Waals surface area contributed by atoms with Crippen molar-refractivity contribution in [2.24, 2.45) is 0 Å². The summed E-state index contributed by atoms with van der Waals surface area (Å²) in [6, 6.07) is 13.3. The number of benzene rings is 2. The molecule has 4 aromatic heterocycles. The van der Waals surface area contributed by atoms with E-state index in [0.29, 0.717) is 35.6 Å². The molecule has 21 heteroatoms. The van der Waals surface area contributed by atoms with Crippen molar-refractivity contribution in [2.45, 2.75) is 36.9 Å². The number of rotatable bonds is 8. The third-order valence-corrected chi connectivity index (χ3v) is 9.20. The predicted molar refractivity (Wildman–Crippen MR) is 231 cm³/mol. The van der Waals surface area contributed by atoms with Gasteiger partial charge in [0.2, 0.25) is 7.11 Å². The van der Waals surface area contributed by atoms with Crippen molar-refractivity contribution >= 4 is 127 Å². The molecule has 0 radical (unpaired) electrons. The van der Waals surface area contributed by atoms with Crippen molar-refractivity contribution in [1.82, 2.24) is 20.3 Å². The molecule has 3 N–H and O–H groups in total. The Morgan fingerprint density at radius 1 is 0.863 bits per heavy atom. The Kier molecular flexibility index (Phi) is 17.6. The van der Waals surface area contributed by atoms with Gasteiger partial charge in [0, 0.05) is 42.6 Å². The van der Waals surface area contributed by atoms with Gasteiger partial charge in [0.05, 0.1) is 17.4 Å². The van der Waals surface area contributed by atoms with Crippen molar-refractivity contribution < 1.29 is 35.4 Å². The maximum absolute atomic E-state index is 12.3. The average Bonchev–Trinajstić information content (AvgIpc) is 3.63. The van der Waals surface area contributed by atoms with Crippen LogP contribution in [0.5, 0.6) is 0 Å². The van der Waals surface area contributed by atoms with Gasteiger partial charge in [0.1, 0.15) is 16.4 Å². The SMILES string of the molecule is COCc1cc2onc(NS(=O)(=O)c3cccnc3)c2cc1C.II(I)I.O=S(=O)(Cl)c1cccnc1.[CH2+]OCc1cc2onc(N)c2cc1C. The second-order valence-electron chi connectivity index (χ2n) is 10.0. The second-order valence-corrected chi connectivity index (χ2v) is 63.0. The number of hydrogen-bond acceptors (Lipinski definition) is 13. The molecule has 0 saturated heterocycles. The Hall–Kier alpha value is -1.82. The van der Waals surface area contributed by atoms with Gasteiger partial charge in [-0.05, 0) is 84.6 Å². The van der Waals surface area contributed by atoms with Gasteiger partial charge in [0.15, 0.2) is 22.8 Å². The maximum atomic E-state index is 12.3. The van der Waals surface area contributed by atoms with Crippen molar-refractivity contribution in [2.75, 3.05) is 17.6 Å². The first-order chi connectivity index (χ1) is 24.1. The number of pyridine rings is 2. The van der Waals surface area contributed by atoms with E-state index in [-0.39, 0.29) is 23.5 Å². The molecule has 0 fully saturated rings. The number of sulfonamides is 1. The Balaban J connectivity index is 0.000000213. The van der Waals surface area contributed by atoms with Gasteiger partial charge in [0.25, 0.3) is 19.1 Å². The third-order valence-electron chi connectivity index (χ3n) is 6.53. The molecule has 0 aliphatic heterocycles. The van der Waals surface area contributed by atoms with Crippen LogP contribution in [0.2, 0.25) is 0 Å². The quantitative estimate of drug-likeness (QED) is 0.0831. The molecule has 6 rings (SSSR count). The van der Waals surface area contributed by atoms with Crippen LogP contribution in [0.4, 0.5) is 11.6 Å². The number of halogens is 5. The smallest absolute Gasteiger partial charge is 0.262 e. The Labute approximate surface area is 335 Å². The molecular formula is C30H30ClI4N6O8S2+. The van der Waals surface area contributed by atoms with Gasteiger partial charge in [-0.25, -0.2) is 16.8 Å². The summed E-state index contributed by atoms with van der Waals surface area (Å²) in [5, 5.41) is 8.94. The van der Waals surface area contributed by atoms with Crippen LogP contribution < -0.4 is 10.5 Å². The predicted octanol–water partition coefficient (Wildman–Crippen LogP) is 9.06. The Morgan fingerprint density at radius 2 is 1.37 bits per heavy atom. The number of hydrogen-bond donors (Lipinski definition) is 2. The van der Waals surface area contributed by atoms with E-state index in [1.54, 1.807) is 19.2 Å². The monoisotopic (exact) mass is 1210 g/mol. The fourth-order valence-electron chi connectivity index (χ4n) is 4.12. The van der Waals surface area contributed by atoms with Crippen LogP contribution in [0.25, 0.3) is 21.9 Å². The molecule has 0 bridgehead atoms. The normalized spacial score (nSPS) is 11.4. The average molecular weight is 1210 g/mol. The van der Waals surface area contributed by atoms with Crippen molar-refractivity contribution in [3.63, 3.8) is 0 Å². The summed E-state index contributed by atoms with van der Waals surface area (Å²) < 4.78 is 68.4. The molecule has 51 heavy (non-hydrogen) atoms. The van der Waals surface area contributed by atoms with E-state index in [2.05, 4.69) is 88.0 Å². The number of nitrogens with zero attached hydrogens (tertiary/aromatic N) is 4. The standard InChI is InChI=1S/C15H15N3O4S.C10H11N2O2.C5H4ClNO2S.I4/c1-10-6-13-14(7-11(10)9-21-2)22-17-15(13)18-23(19,20)12-4-3-5-16-8-12;1-6-3-8-9(14-12-10(8)11)4-7(6)5-13-2;6-10(8,9)5-2-1-3-7-4-5;1-4(2)3/h3-8H,9H2,1-2H3,(H,17,18);3-4H,2,5H2,1H3,(H2,11,12);1-4H;/q;+1;;. The molecule has 14 nitrogen and oxygen atoms in total. The second kappa shape index (κ2) is 20.6. The molecule has 274 valence electrons. The first-order valence-electron chi connectivity index (χ1n) is 13.9. The molecular weight excluding hydrogens is 1180 g/mol. The maximum Gasteiger partial charge on any atom is 0.262 e. The molecule has 6 aromatic rings. The molecule has 0 aliphatic carbocycles. The molecule has 0 amide bonds. The minimum atomic E-state index is -3.77. The van der Waals surface area contributed by atoms with Gasteiger partial charge < -0.3 is 19.5 Å². The summed E-state index contributed by atoms with van der Waals surface area (Å²) >= 11 is 7.42. The summed E-state index contributed by atoms with van der Waals surface area (Å²) in [6.07, 6.45) is 5.45. The summed E-state index contributed by atoms with van der Waals surface area (Å²) in [7, 11) is 2.22. The Morgan fingerprint density at radius 3 is 1.86 bits per heavy atom. The molecule has 4 heterocycles. The van der Waals surface area contributed by atoms with Crippen LogP contribution in [0, 0.1) is 21.0 Å². The Bertz CT molecular complexity index is 2240. The topological polar surface area (TPSA) is 203 Å². The molecule has 0 unspecified atom stereocenters. The van der Waals surface area contributed by atoms with Crippen LogP contribution in [0.1, 0.15) is 22.3 Å². The van der Waals surface area contributed by atoms with Crippen LogP contribution in [0.15, 0.2) is 92.2 Å². The number of anilines is 2. The minimum absolute atomic E-state index is 0.0247. The van der Waals surface area contributed by atoms with E-state index < -0.39 is 19.1 Å².